The molecular formula is C15H10N4O2. The van der Waals surface area contributed by atoms with Gasteiger partial charge in [-0.25, -0.2) is 4.98 Å². The van der Waals surface area contributed by atoms with Gasteiger partial charge < -0.3 is 5.32 Å². The standard InChI is InChI=1S/C15H10N4O2/c1-19-14(20)10-5-4-9(7-11(10)15(19)21)18-12-3-2-6-17-13(12)8-16/h2-7,18H,1H3. The number of aromatic nitrogens is 1. The highest BCUT2D eigenvalue weighted by Crippen LogP contribution is 2.27. The molecule has 1 aliphatic heterocycles. The number of imide groups is 1. The summed E-state index contributed by atoms with van der Waals surface area (Å²) in [4.78, 5) is 28.8. The van der Waals surface area contributed by atoms with Crippen molar-refractivity contribution in [3.05, 3.63) is 53.3 Å². The van der Waals surface area contributed by atoms with Gasteiger partial charge >= 0.3 is 0 Å². The van der Waals surface area contributed by atoms with Crippen LogP contribution in [-0.4, -0.2) is 28.7 Å². The van der Waals surface area contributed by atoms with Crippen LogP contribution in [0.4, 0.5) is 11.4 Å². The van der Waals surface area contributed by atoms with E-state index in [1.807, 2.05) is 6.07 Å². The van der Waals surface area contributed by atoms with Crippen molar-refractivity contribution < 1.29 is 9.59 Å². The molecular weight excluding hydrogens is 268 g/mol. The number of carbonyl (C=O) groups is 2. The van der Waals surface area contributed by atoms with E-state index in [-0.39, 0.29) is 17.5 Å². The van der Waals surface area contributed by atoms with Gasteiger partial charge in [-0.2, -0.15) is 5.26 Å². The van der Waals surface area contributed by atoms with Crippen LogP contribution in [0.3, 0.4) is 0 Å². The molecule has 6 heteroatoms. The van der Waals surface area contributed by atoms with Crippen LogP contribution in [-0.2, 0) is 0 Å². The SMILES string of the molecule is CN1C(=O)c2ccc(Nc3cccnc3C#N)cc2C1=O. The zero-order chi connectivity index (χ0) is 15.0. The predicted octanol–water partition coefficient (Wildman–Crippen LogP) is 1.92. The number of amides is 2. The van der Waals surface area contributed by atoms with Crippen molar-refractivity contribution in [2.75, 3.05) is 12.4 Å². The molecule has 1 N–H and O–H groups in total. The Morgan fingerprint density at radius 2 is 1.95 bits per heavy atom. The van der Waals surface area contributed by atoms with Gasteiger partial charge in [0.15, 0.2) is 5.69 Å². The molecule has 0 saturated carbocycles. The van der Waals surface area contributed by atoms with E-state index in [2.05, 4.69) is 10.3 Å². The lowest BCUT2D eigenvalue weighted by molar-refractivity contribution is 0.0693. The van der Waals surface area contributed by atoms with Crippen LogP contribution in [0.15, 0.2) is 36.5 Å². The molecule has 2 amide bonds. The number of nitrogens with one attached hydrogen (secondary N) is 1. The van der Waals surface area contributed by atoms with Gasteiger partial charge in [-0.3, -0.25) is 14.5 Å². The van der Waals surface area contributed by atoms with E-state index >= 15 is 0 Å². The zero-order valence-electron chi connectivity index (χ0n) is 11.1. The molecule has 0 aliphatic carbocycles. The van der Waals surface area contributed by atoms with E-state index in [0.717, 1.165) is 4.90 Å². The summed E-state index contributed by atoms with van der Waals surface area (Å²) in [6.07, 6.45) is 1.53. The minimum absolute atomic E-state index is 0.262. The molecule has 3 rings (SSSR count). The second kappa shape index (κ2) is 4.72. The Labute approximate surface area is 120 Å². The van der Waals surface area contributed by atoms with Gasteiger partial charge in [-0.15, -0.1) is 0 Å². The van der Waals surface area contributed by atoms with Gasteiger partial charge in [0.1, 0.15) is 6.07 Å². The lowest BCUT2D eigenvalue weighted by Crippen LogP contribution is -2.24. The number of carbonyl (C=O) groups excluding carboxylic acids is 2. The largest absolute Gasteiger partial charge is 0.353 e. The Balaban J connectivity index is 1.98. The first-order chi connectivity index (χ1) is 10.1. The summed E-state index contributed by atoms with van der Waals surface area (Å²) < 4.78 is 0. The Kier molecular flexibility index (Phi) is 2.88. The molecule has 2 aromatic rings. The fourth-order valence-corrected chi connectivity index (χ4v) is 2.19. The van der Waals surface area contributed by atoms with Gasteiger partial charge in [0.05, 0.1) is 16.8 Å². The van der Waals surface area contributed by atoms with Crippen molar-refractivity contribution in [1.29, 1.82) is 5.26 Å². The molecule has 21 heavy (non-hydrogen) atoms. The Morgan fingerprint density at radius 1 is 1.19 bits per heavy atom. The van der Waals surface area contributed by atoms with Crippen LogP contribution in [0.25, 0.3) is 0 Å². The molecule has 1 aliphatic rings. The van der Waals surface area contributed by atoms with Crippen LogP contribution in [0.1, 0.15) is 26.4 Å². The van der Waals surface area contributed by atoms with Gasteiger partial charge in [-0.05, 0) is 30.3 Å². The average Bonchev–Trinajstić information content (AvgIpc) is 2.72. The maximum atomic E-state index is 11.9. The molecule has 1 aromatic heterocycles. The van der Waals surface area contributed by atoms with E-state index in [0.29, 0.717) is 22.5 Å². The summed E-state index contributed by atoms with van der Waals surface area (Å²) in [6.45, 7) is 0. The Morgan fingerprint density at radius 3 is 2.71 bits per heavy atom. The molecule has 102 valence electrons. The number of pyridine rings is 1. The maximum absolute atomic E-state index is 11.9. The Bertz CT molecular complexity index is 808. The summed E-state index contributed by atoms with van der Waals surface area (Å²) in [5.41, 5.74) is 2.17. The number of hydrogen-bond donors (Lipinski definition) is 1. The summed E-state index contributed by atoms with van der Waals surface area (Å²) >= 11 is 0. The van der Waals surface area contributed by atoms with Gasteiger partial charge in [0.25, 0.3) is 11.8 Å². The number of rotatable bonds is 2. The molecule has 0 saturated heterocycles. The van der Waals surface area contributed by atoms with Crippen LogP contribution in [0.5, 0.6) is 0 Å². The third-order valence-electron chi connectivity index (χ3n) is 3.28. The number of nitriles is 1. The first-order valence-electron chi connectivity index (χ1n) is 6.20. The van der Waals surface area contributed by atoms with E-state index < -0.39 is 0 Å². The number of hydrogen-bond acceptors (Lipinski definition) is 5. The van der Waals surface area contributed by atoms with Crippen molar-refractivity contribution in [3.8, 4) is 6.07 Å². The van der Waals surface area contributed by atoms with E-state index in [1.165, 1.54) is 13.2 Å². The summed E-state index contributed by atoms with van der Waals surface area (Å²) in [6, 6.07) is 10.3. The van der Waals surface area contributed by atoms with Gasteiger partial charge in [0.2, 0.25) is 0 Å². The van der Waals surface area contributed by atoms with Crippen molar-refractivity contribution in [2.45, 2.75) is 0 Å². The van der Waals surface area contributed by atoms with Crippen LogP contribution >= 0.6 is 0 Å². The second-order valence-electron chi connectivity index (χ2n) is 4.57. The van der Waals surface area contributed by atoms with Crippen LogP contribution < -0.4 is 5.32 Å². The van der Waals surface area contributed by atoms with Crippen molar-refractivity contribution in [3.63, 3.8) is 0 Å². The smallest absolute Gasteiger partial charge is 0.261 e. The van der Waals surface area contributed by atoms with Crippen molar-refractivity contribution in [2.24, 2.45) is 0 Å². The number of benzene rings is 1. The average molecular weight is 278 g/mol. The lowest BCUT2D eigenvalue weighted by Gasteiger charge is -2.08. The third-order valence-corrected chi connectivity index (χ3v) is 3.28. The molecule has 2 heterocycles. The first kappa shape index (κ1) is 12.8. The van der Waals surface area contributed by atoms with E-state index in [4.69, 9.17) is 5.26 Å². The zero-order valence-corrected chi connectivity index (χ0v) is 11.1. The number of fused-ring (bicyclic) bond motifs is 1. The fraction of sp³-hybridized carbons (Fsp3) is 0.0667. The second-order valence-corrected chi connectivity index (χ2v) is 4.57. The number of anilines is 2. The molecule has 0 fully saturated rings. The molecule has 0 radical (unpaired) electrons. The van der Waals surface area contributed by atoms with Gasteiger partial charge in [0, 0.05) is 18.9 Å². The summed E-state index contributed by atoms with van der Waals surface area (Å²) in [7, 11) is 1.45. The third kappa shape index (κ3) is 2.01. The fourth-order valence-electron chi connectivity index (χ4n) is 2.19. The van der Waals surface area contributed by atoms with Crippen LogP contribution in [0.2, 0.25) is 0 Å². The highest BCUT2D eigenvalue weighted by atomic mass is 16.2. The lowest BCUT2D eigenvalue weighted by atomic mass is 10.1. The molecule has 0 spiro atoms. The topological polar surface area (TPSA) is 86.1 Å². The monoisotopic (exact) mass is 278 g/mol. The van der Waals surface area contributed by atoms with E-state index in [9.17, 15) is 9.59 Å². The molecule has 1 aromatic carbocycles. The summed E-state index contributed by atoms with van der Waals surface area (Å²) in [5, 5.41) is 12.0. The molecule has 6 nitrogen and oxygen atoms in total. The maximum Gasteiger partial charge on any atom is 0.261 e. The quantitative estimate of drug-likeness (QED) is 0.848. The van der Waals surface area contributed by atoms with Crippen molar-refractivity contribution in [1.82, 2.24) is 9.88 Å². The van der Waals surface area contributed by atoms with Crippen LogP contribution in [0, 0.1) is 11.3 Å². The van der Waals surface area contributed by atoms with Crippen molar-refractivity contribution >= 4 is 23.2 Å². The minimum atomic E-state index is -0.328. The normalized spacial score (nSPS) is 13.0. The first-order valence-corrected chi connectivity index (χ1v) is 6.20. The summed E-state index contributed by atoms with van der Waals surface area (Å²) in [5.74, 6) is -0.633. The van der Waals surface area contributed by atoms with E-state index in [1.54, 1.807) is 30.3 Å². The molecule has 0 unspecified atom stereocenters. The number of nitrogens with zero attached hydrogens (tertiary/aromatic N) is 3. The van der Waals surface area contributed by atoms with Gasteiger partial charge in [-0.1, -0.05) is 0 Å². The predicted molar refractivity (Wildman–Crippen MR) is 75.1 cm³/mol. The minimum Gasteiger partial charge on any atom is -0.353 e. The highest BCUT2D eigenvalue weighted by molar-refractivity contribution is 6.21. The molecule has 0 atom stereocenters. The highest BCUT2D eigenvalue weighted by Gasteiger charge is 2.32. The Hall–Kier alpha value is -3.20. The molecule has 0 bridgehead atoms.